The quantitative estimate of drug-likeness (QED) is 0.00954. The van der Waals surface area contributed by atoms with Crippen LogP contribution in [0.1, 0.15) is 152 Å². The van der Waals surface area contributed by atoms with Crippen molar-refractivity contribution in [1.82, 2.24) is 25.1 Å². The summed E-state index contributed by atoms with van der Waals surface area (Å²) in [5.74, 6) is -4.78. The minimum absolute atomic E-state index is 0.0576. The number of nitrogens with two attached hydrogens (primary N) is 1. The van der Waals surface area contributed by atoms with E-state index in [2.05, 4.69) is 16.0 Å². The SMILES string of the molecule is C/C(=C\C(=O)N[C@H]1CCc2cccc3c2N(C1=O)[C@H](C(=O)N[C@@H](CCC(N)=O)[C@@H](C)OCc1ccc(CCCCCc2cccc4c2n(C)c(=O)n4C2CCC(=O)NC2=O)cc1)C3)c1ccc(C(F)(F)P(=O)(OCOC(=O)C(C)(C)C)OCOC(=O)C(C)(C)C)cc1. The van der Waals surface area contributed by atoms with Gasteiger partial charge in [0, 0.05) is 37.9 Å². The van der Waals surface area contributed by atoms with E-state index in [0.29, 0.717) is 28.8 Å². The van der Waals surface area contributed by atoms with E-state index < -0.39 is 115 Å². The van der Waals surface area contributed by atoms with Crippen LogP contribution in [-0.2, 0) is 111 Å². The third-order valence-electron chi connectivity index (χ3n) is 16.7. The van der Waals surface area contributed by atoms with Crippen LogP contribution >= 0.6 is 7.60 Å². The predicted octanol–water partition coefficient (Wildman–Crippen LogP) is 8.79. The second-order valence-electron chi connectivity index (χ2n) is 25.7. The van der Waals surface area contributed by atoms with Crippen LogP contribution < -0.4 is 32.3 Å². The molecule has 6 amide bonds. The van der Waals surface area contributed by atoms with Crippen molar-refractivity contribution in [2.75, 3.05) is 18.5 Å². The number of carbonyl (C=O) groups is 8. The molecule has 0 saturated carbocycles. The van der Waals surface area contributed by atoms with Gasteiger partial charge < -0.3 is 30.6 Å². The molecule has 4 heterocycles. The number of piperidine rings is 1. The van der Waals surface area contributed by atoms with Gasteiger partial charge in [0.2, 0.25) is 49.0 Å². The summed E-state index contributed by atoms with van der Waals surface area (Å²) in [6, 6.07) is 20.1. The normalized spacial score (nSPS) is 17.8. The molecule has 0 radical (unpaired) electrons. The highest BCUT2D eigenvalue weighted by Gasteiger charge is 2.56. The highest BCUT2D eigenvalue weighted by atomic mass is 31.2. The number of benzene rings is 4. The van der Waals surface area contributed by atoms with Crippen LogP contribution in [-0.4, -0.2) is 94.3 Å². The molecule has 1 aromatic heterocycles. The van der Waals surface area contributed by atoms with Gasteiger partial charge in [-0.2, -0.15) is 8.78 Å². The lowest BCUT2D eigenvalue weighted by atomic mass is 9.98. The van der Waals surface area contributed by atoms with Crippen molar-refractivity contribution in [3.05, 3.63) is 140 Å². The van der Waals surface area contributed by atoms with E-state index in [4.69, 9.17) is 29.0 Å². The second kappa shape index (κ2) is 29.2. The maximum Gasteiger partial charge on any atom is 0.410 e. The Hall–Kier alpha value is -8.18. The number of amides is 6. The summed E-state index contributed by atoms with van der Waals surface area (Å²) in [5.41, 5.74) is 5.19. The van der Waals surface area contributed by atoms with Crippen molar-refractivity contribution in [3.63, 3.8) is 0 Å². The number of alkyl halides is 2. The highest BCUT2D eigenvalue weighted by molar-refractivity contribution is 7.54. The van der Waals surface area contributed by atoms with E-state index in [9.17, 15) is 47.7 Å². The number of aromatic nitrogens is 2. The molecular weight excluding hydrogens is 1210 g/mol. The summed E-state index contributed by atoms with van der Waals surface area (Å²) in [7, 11) is -3.90. The third-order valence-corrected chi connectivity index (χ3v) is 18.5. The Labute approximate surface area is 532 Å². The van der Waals surface area contributed by atoms with Gasteiger partial charge in [-0.3, -0.25) is 71.3 Å². The molecule has 0 bridgehead atoms. The number of hydrogen-bond acceptors (Lipinski definition) is 15. The molecule has 1 saturated heterocycles. The monoisotopic (exact) mass is 1290 g/mol. The molecule has 494 valence electrons. The number of ether oxygens (including phenoxy) is 3. The van der Waals surface area contributed by atoms with Crippen molar-refractivity contribution in [3.8, 4) is 0 Å². The van der Waals surface area contributed by atoms with E-state index in [1.807, 2.05) is 60.7 Å². The summed E-state index contributed by atoms with van der Waals surface area (Å²) in [6.07, 6.45) is 6.12. The van der Waals surface area contributed by atoms with Crippen molar-refractivity contribution in [2.45, 2.75) is 175 Å². The van der Waals surface area contributed by atoms with E-state index >= 15 is 8.78 Å². The molecular formula is C67H82F2N7O15P. The highest BCUT2D eigenvalue weighted by Crippen LogP contribution is 2.67. The second-order valence-corrected chi connectivity index (χ2v) is 27.8. The molecule has 25 heteroatoms. The number of rotatable bonds is 27. The fourth-order valence-electron chi connectivity index (χ4n) is 11.4. The van der Waals surface area contributed by atoms with Crippen LogP contribution in [0, 0.1) is 10.8 Å². The Balaban J connectivity index is 0.862. The molecule has 8 rings (SSSR count). The zero-order chi connectivity index (χ0) is 67.0. The molecule has 0 aliphatic carbocycles. The Morgan fingerprint density at radius 3 is 2.04 bits per heavy atom. The van der Waals surface area contributed by atoms with Crippen LogP contribution in [0.4, 0.5) is 14.5 Å². The average molecular weight is 1290 g/mol. The molecule has 3 aliphatic rings. The number of para-hydroxylation sites is 2. The molecule has 3 aliphatic heterocycles. The number of carbonyl (C=O) groups excluding carboxylic acids is 8. The van der Waals surface area contributed by atoms with E-state index in [1.54, 1.807) is 25.5 Å². The van der Waals surface area contributed by atoms with E-state index in [0.717, 1.165) is 77.6 Å². The maximum absolute atomic E-state index is 16.3. The lowest BCUT2D eigenvalue weighted by Gasteiger charge is -2.31. The number of imidazole rings is 1. The van der Waals surface area contributed by atoms with Gasteiger partial charge in [-0.15, -0.1) is 0 Å². The summed E-state index contributed by atoms with van der Waals surface area (Å²) in [4.78, 5) is 119. The van der Waals surface area contributed by atoms with Gasteiger partial charge >= 0.3 is 30.9 Å². The first-order valence-corrected chi connectivity index (χ1v) is 32.4. The minimum atomic E-state index is -5.60. The summed E-state index contributed by atoms with van der Waals surface area (Å²) >= 11 is 0. The van der Waals surface area contributed by atoms with E-state index in [1.165, 1.54) is 69.2 Å². The number of aryl methyl sites for hydroxylation is 4. The molecule has 92 heavy (non-hydrogen) atoms. The summed E-state index contributed by atoms with van der Waals surface area (Å²) < 4.78 is 75.6. The number of hydrogen-bond donors (Lipinski definition) is 4. The number of primary amides is 1. The fourth-order valence-corrected chi connectivity index (χ4v) is 12.7. The topological polar surface area (TPSA) is 292 Å². The number of anilines is 1. The van der Waals surface area contributed by atoms with Crippen molar-refractivity contribution in [1.29, 1.82) is 0 Å². The number of halogens is 2. The first-order valence-electron chi connectivity index (χ1n) is 30.8. The summed E-state index contributed by atoms with van der Waals surface area (Å²) in [5, 5.41) is 8.21. The number of esters is 2. The molecule has 4 aromatic carbocycles. The Bertz CT molecular complexity index is 3720. The van der Waals surface area contributed by atoms with Gasteiger partial charge in [-0.05, 0) is 152 Å². The maximum atomic E-state index is 16.3. The molecule has 5 atom stereocenters. The van der Waals surface area contributed by atoms with Gasteiger partial charge in [0.25, 0.3) is 0 Å². The van der Waals surface area contributed by atoms with Crippen molar-refractivity contribution < 1.29 is 75.0 Å². The average Bonchev–Trinajstić information content (AvgIpc) is 1.57. The first kappa shape index (κ1) is 69.7. The van der Waals surface area contributed by atoms with Gasteiger partial charge in [0.1, 0.15) is 18.1 Å². The first-order chi connectivity index (χ1) is 43.4. The molecule has 1 unspecified atom stereocenters. The Kier molecular flexibility index (Phi) is 22.1. The van der Waals surface area contributed by atoms with Gasteiger partial charge in [0.05, 0.1) is 46.3 Å². The van der Waals surface area contributed by atoms with E-state index in [-0.39, 0.29) is 56.7 Å². The summed E-state index contributed by atoms with van der Waals surface area (Å²) in [6.45, 7) is 10.3. The number of allylic oxidation sites excluding steroid dienone is 1. The number of unbranched alkanes of at least 4 members (excludes halogenated alkanes) is 2. The van der Waals surface area contributed by atoms with Crippen LogP contribution in [0.3, 0.4) is 0 Å². The zero-order valence-corrected chi connectivity index (χ0v) is 54.3. The van der Waals surface area contributed by atoms with Crippen LogP contribution in [0.2, 0.25) is 0 Å². The molecule has 22 nitrogen and oxygen atoms in total. The predicted molar refractivity (Wildman–Crippen MR) is 337 cm³/mol. The van der Waals surface area contributed by atoms with Crippen LogP contribution in [0.5, 0.6) is 0 Å². The molecule has 0 spiro atoms. The van der Waals surface area contributed by atoms with Crippen LogP contribution in [0.15, 0.2) is 95.8 Å². The fraction of sp³-hybridized carbons (Fsp3) is 0.478. The Morgan fingerprint density at radius 1 is 0.793 bits per heavy atom. The third kappa shape index (κ3) is 16.3. The lowest BCUT2D eigenvalue weighted by molar-refractivity contribution is -0.163. The van der Waals surface area contributed by atoms with Gasteiger partial charge in [-0.1, -0.05) is 85.3 Å². The van der Waals surface area contributed by atoms with Crippen molar-refractivity contribution in [2.24, 2.45) is 23.6 Å². The lowest BCUT2D eigenvalue weighted by Crippen LogP contribution is -2.56. The van der Waals surface area contributed by atoms with Crippen molar-refractivity contribution >= 4 is 77.3 Å². The van der Waals surface area contributed by atoms with Gasteiger partial charge in [0.15, 0.2) is 0 Å². The molecule has 5 aromatic rings. The number of nitrogens with zero attached hydrogens (tertiary/aromatic N) is 3. The van der Waals surface area contributed by atoms with Gasteiger partial charge in [-0.25, -0.2) is 4.79 Å². The smallest absolute Gasteiger partial charge is 0.410 e. The number of nitrogens with one attached hydrogen (secondary N) is 3. The minimum Gasteiger partial charge on any atom is -0.438 e. The number of fused-ring (bicyclic) bond motifs is 1. The molecule has 1 fully saturated rings. The largest absolute Gasteiger partial charge is 0.438 e. The Morgan fingerprint density at radius 2 is 1.41 bits per heavy atom. The standard InChI is InChI=1S/C67H82F2N7O15P/c1-40(44-25-28-48(29-26-44)67(68,69)92(86,90-38-88-62(83)65(3,4)5)91-39-89-63(84)66(6,7)8)35-56(79)71-50-30-27-46-17-13-19-47-36-53(76(57(46)47)61(50)82)60(81)72-49(31-33-54(70)77)41(2)87-37-43-23-21-42(22-24-43)15-11-10-12-16-45-18-14-20-51-58(45)74(9)64(85)75(51)52-32-34-55(78)73-59(52)80/h13-14,17-26,28-29,35,41,49-50,52-53H,10-12,15-16,27,30-34,36-39H2,1-9H3,(H2,70,77)(H,71,79)(H,72,81)(H,73,78,80)/b40-35+/t41-,49+,50+,52?,53+/m1/s1. The zero-order valence-electron chi connectivity index (χ0n) is 53.4. The molecule has 5 N–H and O–H groups in total. The number of imide groups is 1. The van der Waals surface area contributed by atoms with Crippen LogP contribution in [0.25, 0.3) is 16.6 Å².